The molecule has 0 aliphatic heterocycles. The maximum Gasteiger partial charge on any atom is 0.328 e. The topological polar surface area (TPSA) is 73.8 Å². The Morgan fingerprint density at radius 3 is 2.45 bits per heavy atom. The van der Waals surface area contributed by atoms with Gasteiger partial charge < -0.3 is 9.88 Å². The molecule has 0 radical (unpaired) electrons. The van der Waals surface area contributed by atoms with Crippen LogP contribution in [-0.4, -0.2) is 24.6 Å². The van der Waals surface area contributed by atoms with Gasteiger partial charge in [0, 0.05) is 26.6 Å². The molecule has 0 spiro atoms. The van der Waals surface area contributed by atoms with Gasteiger partial charge in [0.25, 0.3) is 0 Å². The van der Waals surface area contributed by atoms with E-state index in [0.29, 0.717) is 12.8 Å². The Morgan fingerprint density at radius 1 is 1.00 bits per heavy atom. The molecule has 2 aromatic carbocycles. The summed E-state index contributed by atoms with van der Waals surface area (Å²) in [6, 6.07) is 14.0. The highest BCUT2D eigenvalue weighted by Gasteiger charge is 2.20. The predicted octanol–water partition coefficient (Wildman–Crippen LogP) is 3.62. The first-order valence-corrected chi connectivity index (χ1v) is 10.7. The lowest BCUT2D eigenvalue weighted by Crippen LogP contribution is -2.29. The minimum Gasteiger partial charge on any atom is -0.346 e. The molecule has 1 atom stereocenters. The van der Waals surface area contributed by atoms with Crippen molar-refractivity contribution < 1.29 is 4.79 Å². The average Bonchev–Trinajstić information content (AvgIpc) is 3.24. The van der Waals surface area contributed by atoms with Crippen LogP contribution in [0.2, 0.25) is 0 Å². The van der Waals surface area contributed by atoms with Crippen molar-refractivity contribution in [2.75, 3.05) is 0 Å². The van der Waals surface area contributed by atoms with Crippen LogP contribution < -0.4 is 11.0 Å². The Kier molecular flexibility index (Phi) is 5.43. The Balaban J connectivity index is 1.48. The molecule has 0 aliphatic rings. The Labute approximate surface area is 181 Å². The third-order valence-electron chi connectivity index (χ3n) is 5.88. The summed E-state index contributed by atoms with van der Waals surface area (Å²) in [5.74, 6) is 0.849. The molecule has 1 amide bonds. The van der Waals surface area contributed by atoms with Gasteiger partial charge in [-0.1, -0.05) is 18.2 Å². The van der Waals surface area contributed by atoms with Gasteiger partial charge in [0.15, 0.2) is 0 Å². The van der Waals surface area contributed by atoms with Crippen LogP contribution in [0.5, 0.6) is 0 Å². The zero-order chi connectivity index (χ0) is 22.3. The molecule has 4 aromatic rings. The van der Waals surface area contributed by atoms with Crippen LogP contribution in [0.1, 0.15) is 50.7 Å². The molecule has 0 saturated carbocycles. The molecule has 0 saturated heterocycles. The first kappa shape index (κ1) is 20.9. The fraction of sp³-hybridized carbons (Fsp3) is 0.375. The summed E-state index contributed by atoms with van der Waals surface area (Å²) in [4.78, 5) is 29.6. The summed E-state index contributed by atoms with van der Waals surface area (Å²) in [7, 11) is 3.54. The lowest BCUT2D eigenvalue weighted by atomic mass is 10.1. The third-order valence-corrected chi connectivity index (χ3v) is 5.88. The number of para-hydroxylation sites is 2. The van der Waals surface area contributed by atoms with Gasteiger partial charge in [0.2, 0.25) is 5.91 Å². The van der Waals surface area contributed by atoms with Crippen molar-refractivity contribution in [1.29, 1.82) is 0 Å². The van der Waals surface area contributed by atoms with E-state index >= 15 is 0 Å². The molecular weight excluding hydrogens is 390 g/mol. The van der Waals surface area contributed by atoms with Crippen molar-refractivity contribution in [2.45, 2.75) is 45.7 Å². The van der Waals surface area contributed by atoms with Gasteiger partial charge in [-0.25, -0.2) is 9.78 Å². The summed E-state index contributed by atoms with van der Waals surface area (Å²) in [5, 5.41) is 3.10. The number of nitrogens with zero attached hydrogens (tertiary/aromatic N) is 4. The van der Waals surface area contributed by atoms with Crippen molar-refractivity contribution in [2.24, 2.45) is 14.1 Å². The lowest BCUT2D eigenvalue weighted by molar-refractivity contribution is -0.121. The van der Waals surface area contributed by atoms with Crippen molar-refractivity contribution in [3.63, 3.8) is 0 Å². The van der Waals surface area contributed by atoms with Gasteiger partial charge in [-0.3, -0.25) is 13.9 Å². The zero-order valence-corrected chi connectivity index (χ0v) is 18.7. The fourth-order valence-corrected chi connectivity index (χ4v) is 4.26. The van der Waals surface area contributed by atoms with E-state index in [9.17, 15) is 9.59 Å². The molecular formula is C24H29N5O2. The smallest absolute Gasteiger partial charge is 0.328 e. The number of hydrogen-bond donors (Lipinski definition) is 1. The minimum absolute atomic E-state index is 0.0168. The molecule has 162 valence electrons. The first-order valence-electron chi connectivity index (χ1n) is 10.7. The van der Waals surface area contributed by atoms with E-state index in [1.54, 1.807) is 23.2 Å². The third kappa shape index (κ3) is 3.76. The van der Waals surface area contributed by atoms with Crippen molar-refractivity contribution in [3.8, 4) is 0 Å². The van der Waals surface area contributed by atoms with Crippen LogP contribution in [0.3, 0.4) is 0 Å². The number of benzene rings is 2. The van der Waals surface area contributed by atoms with Crippen molar-refractivity contribution in [1.82, 2.24) is 24.0 Å². The second kappa shape index (κ2) is 8.06. The standard InChI is InChI=1S/C24H29N5O2/c1-15(2)29-19-9-7-6-8-18(19)26-23(29)16(3)25-22(30)13-11-17-10-12-20-21(14-17)28(5)24(31)27(20)4/h6-10,12,14-16H,11,13H2,1-5H3,(H,25,30)/t16-/m0/s1. The predicted molar refractivity (Wildman–Crippen MR) is 123 cm³/mol. The minimum atomic E-state index is -0.195. The van der Waals surface area contributed by atoms with E-state index in [1.807, 2.05) is 43.3 Å². The molecule has 2 aromatic heterocycles. The number of carbonyl (C=O) groups excluding carboxylic acids is 1. The normalized spacial score (nSPS) is 12.7. The van der Waals surface area contributed by atoms with Crippen molar-refractivity contribution in [3.05, 3.63) is 64.3 Å². The van der Waals surface area contributed by atoms with E-state index in [1.165, 1.54) is 0 Å². The number of rotatable bonds is 6. The van der Waals surface area contributed by atoms with E-state index < -0.39 is 0 Å². The fourth-order valence-electron chi connectivity index (χ4n) is 4.26. The van der Waals surface area contributed by atoms with Gasteiger partial charge in [-0.05, 0) is 57.0 Å². The number of nitrogens with one attached hydrogen (secondary N) is 1. The van der Waals surface area contributed by atoms with E-state index in [0.717, 1.165) is 33.5 Å². The average molecular weight is 420 g/mol. The van der Waals surface area contributed by atoms with Crippen LogP contribution in [0.25, 0.3) is 22.1 Å². The monoisotopic (exact) mass is 419 g/mol. The number of fused-ring (bicyclic) bond motifs is 2. The first-order chi connectivity index (χ1) is 14.8. The van der Waals surface area contributed by atoms with Crippen LogP contribution >= 0.6 is 0 Å². The molecule has 2 heterocycles. The molecule has 4 rings (SSSR count). The SMILES string of the molecule is CC(C)n1c([C@H](C)NC(=O)CCc2ccc3c(c2)n(C)c(=O)n3C)nc2ccccc21. The number of aromatic nitrogens is 4. The lowest BCUT2D eigenvalue weighted by Gasteiger charge is -2.19. The molecule has 1 N–H and O–H groups in total. The van der Waals surface area contributed by atoms with Crippen LogP contribution in [0.4, 0.5) is 0 Å². The van der Waals surface area contributed by atoms with Gasteiger partial charge in [0.05, 0.1) is 28.1 Å². The summed E-state index contributed by atoms with van der Waals surface area (Å²) in [6.07, 6.45) is 0.983. The van der Waals surface area contributed by atoms with Gasteiger partial charge >= 0.3 is 5.69 Å². The zero-order valence-electron chi connectivity index (χ0n) is 18.7. The Bertz CT molecular complexity index is 1330. The van der Waals surface area contributed by atoms with Gasteiger partial charge in [-0.15, -0.1) is 0 Å². The van der Waals surface area contributed by atoms with Crippen LogP contribution in [-0.2, 0) is 25.3 Å². The van der Waals surface area contributed by atoms with Crippen LogP contribution in [0.15, 0.2) is 47.3 Å². The van der Waals surface area contributed by atoms with E-state index in [4.69, 9.17) is 4.98 Å². The maximum atomic E-state index is 12.7. The highest BCUT2D eigenvalue weighted by atomic mass is 16.2. The molecule has 0 aliphatic carbocycles. The maximum absolute atomic E-state index is 12.7. The quantitative estimate of drug-likeness (QED) is 0.519. The molecule has 7 nitrogen and oxygen atoms in total. The van der Waals surface area contributed by atoms with Crippen LogP contribution in [0, 0.1) is 0 Å². The van der Waals surface area contributed by atoms with E-state index in [-0.39, 0.29) is 23.7 Å². The number of carbonyl (C=O) groups is 1. The van der Waals surface area contributed by atoms with E-state index in [2.05, 4.69) is 29.8 Å². The van der Waals surface area contributed by atoms with Crippen molar-refractivity contribution >= 4 is 28.0 Å². The highest BCUT2D eigenvalue weighted by molar-refractivity contribution is 5.79. The highest BCUT2D eigenvalue weighted by Crippen LogP contribution is 2.25. The summed E-state index contributed by atoms with van der Waals surface area (Å²) in [5.41, 5.74) is 4.77. The van der Waals surface area contributed by atoms with Gasteiger partial charge in [0.1, 0.15) is 5.82 Å². The largest absolute Gasteiger partial charge is 0.346 e. The second-order valence-corrected chi connectivity index (χ2v) is 8.44. The molecule has 31 heavy (non-hydrogen) atoms. The Morgan fingerprint density at radius 2 is 1.71 bits per heavy atom. The number of imidazole rings is 2. The van der Waals surface area contributed by atoms with Gasteiger partial charge in [-0.2, -0.15) is 0 Å². The Hall–Kier alpha value is -3.35. The molecule has 7 heteroatoms. The summed E-state index contributed by atoms with van der Waals surface area (Å²) in [6.45, 7) is 6.22. The summed E-state index contributed by atoms with van der Waals surface area (Å²) < 4.78 is 5.45. The number of aryl methyl sites for hydroxylation is 3. The summed E-state index contributed by atoms with van der Waals surface area (Å²) >= 11 is 0. The molecule has 0 bridgehead atoms. The number of amides is 1. The molecule has 0 fully saturated rings. The molecule has 0 unspecified atom stereocenters. The number of hydrogen-bond acceptors (Lipinski definition) is 3. The second-order valence-electron chi connectivity index (χ2n) is 8.44.